The Labute approximate surface area is 84.7 Å². The quantitative estimate of drug-likeness (QED) is 0.733. The SMILES string of the molecule is NCc1cncc(C2CCNCC2)c1. The van der Waals surface area contributed by atoms with Crippen LogP contribution in [0.5, 0.6) is 0 Å². The van der Waals surface area contributed by atoms with Gasteiger partial charge in [-0.15, -0.1) is 0 Å². The molecule has 0 spiro atoms. The van der Waals surface area contributed by atoms with Crippen molar-refractivity contribution in [1.82, 2.24) is 10.3 Å². The molecule has 3 nitrogen and oxygen atoms in total. The minimum atomic E-state index is 0.589. The molecule has 14 heavy (non-hydrogen) atoms. The lowest BCUT2D eigenvalue weighted by Gasteiger charge is -2.22. The molecule has 0 unspecified atom stereocenters. The minimum Gasteiger partial charge on any atom is -0.326 e. The molecule has 1 saturated heterocycles. The van der Waals surface area contributed by atoms with E-state index in [0.717, 1.165) is 18.7 Å². The van der Waals surface area contributed by atoms with Crippen molar-refractivity contribution in [2.45, 2.75) is 25.3 Å². The predicted molar refractivity (Wildman–Crippen MR) is 57.0 cm³/mol. The Hall–Kier alpha value is -0.930. The molecule has 0 atom stereocenters. The monoisotopic (exact) mass is 191 g/mol. The van der Waals surface area contributed by atoms with Gasteiger partial charge in [0.1, 0.15) is 0 Å². The van der Waals surface area contributed by atoms with Crippen molar-refractivity contribution in [2.75, 3.05) is 13.1 Å². The largest absolute Gasteiger partial charge is 0.326 e. The average molecular weight is 191 g/mol. The van der Waals surface area contributed by atoms with Crippen LogP contribution in [0.1, 0.15) is 29.9 Å². The molecule has 1 aromatic rings. The van der Waals surface area contributed by atoms with Crippen LogP contribution >= 0.6 is 0 Å². The Bertz CT molecular complexity index is 292. The van der Waals surface area contributed by atoms with E-state index >= 15 is 0 Å². The lowest BCUT2D eigenvalue weighted by atomic mass is 9.91. The van der Waals surface area contributed by atoms with Crippen molar-refractivity contribution in [2.24, 2.45) is 5.73 Å². The van der Waals surface area contributed by atoms with Crippen molar-refractivity contribution >= 4 is 0 Å². The fourth-order valence-electron chi connectivity index (χ4n) is 2.00. The van der Waals surface area contributed by atoms with Crippen LogP contribution in [0.3, 0.4) is 0 Å². The van der Waals surface area contributed by atoms with Crippen molar-refractivity contribution in [3.63, 3.8) is 0 Å². The summed E-state index contributed by atoms with van der Waals surface area (Å²) in [7, 11) is 0. The van der Waals surface area contributed by atoms with Crippen LogP contribution in [0.25, 0.3) is 0 Å². The van der Waals surface area contributed by atoms with Gasteiger partial charge in [0.15, 0.2) is 0 Å². The lowest BCUT2D eigenvalue weighted by Crippen LogP contribution is -2.26. The molecule has 2 heterocycles. The first-order chi connectivity index (χ1) is 6.90. The Morgan fingerprint density at radius 2 is 2.14 bits per heavy atom. The second-order valence-corrected chi connectivity index (χ2v) is 3.85. The van der Waals surface area contributed by atoms with Crippen LogP contribution in [0.2, 0.25) is 0 Å². The fourth-order valence-corrected chi connectivity index (χ4v) is 2.00. The van der Waals surface area contributed by atoms with Crippen molar-refractivity contribution in [3.8, 4) is 0 Å². The fraction of sp³-hybridized carbons (Fsp3) is 0.545. The molecule has 0 aliphatic carbocycles. The third kappa shape index (κ3) is 2.11. The zero-order valence-corrected chi connectivity index (χ0v) is 8.37. The third-order valence-corrected chi connectivity index (χ3v) is 2.86. The summed E-state index contributed by atoms with van der Waals surface area (Å²) in [6, 6.07) is 2.20. The van der Waals surface area contributed by atoms with Gasteiger partial charge in [-0.1, -0.05) is 6.07 Å². The summed E-state index contributed by atoms with van der Waals surface area (Å²) in [6.45, 7) is 2.83. The number of nitrogens with zero attached hydrogens (tertiary/aromatic N) is 1. The Balaban J connectivity index is 2.13. The summed E-state index contributed by atoms with van der Waals surface area (Å²) >= 11 is 0. The molecule has 1 aliphatic heterocycles. The van der Waals surface area contributed by atoms with Gasteiger partial charge in [-0.3, -0.25) is 4.98 Å². The normalized spacial score (nSPS) is 18.4. The van der Waals surface area contributed by atoms with Gasteiger partial charge in [0.25, 0.3) is 0 Å². The Morgan fingerprint density at radius 3 is 2.86 bits per heavy atom. The first-order valence-corrected chi connectivity index (χ1v) is 5.25. The van der Waals surface area contributed by atoms with Gasteiger partial charge in [0.2, 0.25) is 0 Å². The maximum atomic E-state index is 5.60. The van der Waals surface area contributed by atoms with Crippen molar-refractivity contribution < 1.29 is 0 Å². The maximum Gasteiger partial charge on any atom is 0.0312 e. The molecule has 1 aromatic heterocycles. The second kappa shape index (κ2) is 4.53. The van der Waals surface area contributed by atoms with Gasteiger partial charge in [-0.2, -0.15) is 0 Å². The van der Waals surface area contributed by atoms with E-state index in [1.807, 2.05) is 12.4 Å². The minimum absolute atomic E-state index is 0.589. The van der Waals surface area contributed by atoms with Crippen LogP contribution in [0.4, 0.5) is 0 Å². The van der Waals surface area contributed by atoms with Gasteiger partial charge in [-0.25, -0.2) is 0 Å². The van der Waals surface area contributed by atoms with E-state index in [-0.39, 0.29) is 0 Å². The van der Waals surface area contributed by atoms with Crippen LogP contribution in [0.15, 0.2) is 18.5 Å². The third-order valence-electron chi connectivity index (χ3n) is 2.86. The maximum absolute atomic E-state index is 5.60. The van der Waals surface area contributed by atoms with E-state index < -0.39 is 0 Å². The summed E-state index contributed by atoms with van der Waals surface area (Å²) in [6.07, 6.45) is 6.27. The summed E-state index contributed by atoms with van der Waals surface area (Å²) in [5.41, 5.74) is 8.09. The first kappa shape index (κ1) is 9.62. The molecule has 2 rings (SSSR count). The first-order valence-electron chi connectivity index (χ1n) is 5.25. The van der Waals surface area contributed by atoms with Crippen LogP contribution in [-0.2, 0) is 6.54 Å². The van der Waals surface area contributed by atoms with Gasteiger partial charge >= 0.3 is 0 Å². The Kier molecular flexibility index (Phi) is 3.11. The number of pyridine rings is 1. The lowest BCUT2D eigenvalue weighted by molar-refractivity contribution is 0.459. The van der Waals surface area contributed by atoms with E-state index in [9.17, 15) is 0 Å². The van der Waals surface area contributed by atoms with Crippen LogP contribution in [0, 0.1) is 0 Å². The van der Waals surface area contributed by atoms with Crippen molar-refractivity contribution in [3.05, 3.63) is 29.6 Å². The number of aromatic nitrogens is 1. The van der Waals surface area contributed by atoms with Crippen LogP contribution in [-0.4, -0.2) is 18.1 Å². The average Bonchev–Trinajstić information content (AvgIpc) is 2.30. The number of rotatable bonds is 2. The molecule has 1 aliphatic rings. The highest BCUT2D eigenvalue weighted by molar-refractivity contribution is 5.22. The second-order valence-electron chi connectivity index (χ2n) is 3.85. The Morgan fingerprint density at radius 1 is 1.36 bits per heavy atom. The van der Waals surface area contributed by atoms with Gasteiger partial charge < -0.3 is 11.1 Å². The predicted octanol–water partition coefficient (Wildman–Crippen LogP) is 1.01. The highest BCUT2D eigenvalue weighted by Gasteiger charge is 2.15. The summed E-state index contributed by atoms with van der Waals surface area (Å²) in [5, 5.41) is 3.37. The molecule has 3 heteroatoms. The van der Waals surface area contributed by atoms with Gasteiger partial charge in [0, 0.05) is 18.9 Å². The molecule has 0 saturated carbocycles. The number of hydrogen-bond acceptors (Lipinski definition) is 3. The molecule has 0 radical (unpaired) electrons. The highest BCUT2D eigenvalue weighted by Crippen LogP contribution is 2.24. The van der Waals surface area contributed by atoms with E-state index in [0.29, 0.717) is 12.5 Å². The molecule has 76 valence electrons. The molecular formula is C11H17N3. The molecular weight excluding hydrogens is 174 g/mol. The number of nitrogens with one attached hydrogen (secondary N) is 1. The molecule has 0 amide bonds. The van der Waals surface area contributed by atoms with Crippen molar-refractivity contribution in [1.29, 1.82) is 0 Å². The summed E-state index contributed by atoms with van der Waals surface area (Å²) in [5.74, 6) is 0.676. The van der Waals surface area contributed by atoms with E-state index in [1.54, 1.807) is 0 Å². The van der Waals surface area contributed by atoms with Gasteiger partial charge in [-0.05, 0) is 43.0 Å². The van der Waals surface area contributed by atoms with E-state index in [1.165, 1.54) is 18.4 Å². The summed E-state index contributed by atoms with van der Waals surface area (Å²) in [4.78, 5) is 4.23. The smallest absolute Gasteiger partial charge is 0.0312 e. The highest BCUT2D eigenvalue weighted by atomic mass is 14.9. The topological polar surface area (TPSA) is 50.9 Å². The van der Waals surface area contributed by atoms with E-state index in [2.05, 4.69) is 16.4 Å². The number of hydrogen-bond donors (Lipinski definition) is 2. The van der Waals surface area contributed by atoms with Gasteiger partial charge in [0.05, 0.1) is 0 Å². The van der Waals surface area contributed by atoms with Crippen LogP contribution < -0.4 is 11.1 Å². The molecule has 1 fully saturated rings. The summed E-state index contributed by atoms with van der Waals surface area (Å²) < 4.78 is 0. The standard InChI is InChI=1S/C11H17N3/c12-6-9-5-11(8-14-7-9)10-1-3-13-4-2-10/h5,7-8,10,13H,1-4,6,12H2. The van der Waals surface area contributed by atoms with E-state index in [4.69, 9.17) is 5.73 Å². The zero-order chi connectivity index (χ0) is 9.80. The number of piperidine rings is 1. The molecule has 0 aromatic carbocycles. The molecule has 3 N–H and O–H groups in total. The molecule has 0 bridgehead atoms. The number of nitrogens with two attached hydrogens (primary N) is 1. The zero-order valence-electron chi connectivity index (χ0n) is 8.37.